The summed E-state index contributed by atoms with van der Waals surface area (Å²) >= 11 is 0. The maximum absolute atomic E-state index is 11.3. The number of aliphatic hydroxyl groups is 1. The van der Waals surface area contributed by atoms with E-state index >= 15 is 0 Å². The van der Waals surface area contributed by atoms with Crippen molar-refractivity contribution >= 4 is 23.8 Å². The fourth-order valence-corrected chi connectivity index (χ4v) is 3.44. The van der Waals surface area contributed by atoms with Gasteiger partial charge >= 0.3 is 17.9 Å². The summed E-state index contributed by atoms with van der Waals surface area (Å²) in [6, 6.07) is 8.30. The van der Waals surface area contributed by atoms with E-state index in [2.05, 4.69) is 12.2 Å². The lowest BCUT2D eigenvalue weighted by molar-refractivity contribution is -0.145. The normalized spacial score (nSPS) is 10.7. The Balaban J connectivity index is 0. The van der Waals surface area contributed by atoms with Gasteiger partial charge in [-0.2, -0.15) is 0 Å². The molecule has 9 heteroatoms. The van der Waals surface area contributed by atoms with Gasteiger partial charge in [0.25, 0.3) is 0 Å². The Labute approximate surface area is 234 Å². The molecule has 0 aliphatic rings. The van der Waals surface area contributed by atoms with Crippen LogP contribution in [0.1, 0.15) is 127 Å². The van der Waals surface area contributed by atoms with Crippen molar-refractivity contribution in [3.05, 3.63) is 35.9 Å². The summed E-state index contributed by atoms with van der Waals surface area (Å²) in [5.74, 6) is -3.13. The molecule has 5 N–H and O–H groups in total. The third kappa shape index (κ3) is 31.2. The molecule has 1 atom stereocenters. The van der Waals surface area contributed by atoms with Crippen LogP contribution in [0.15, 0.2) is 30.3 Å². The van der Waals surface area contributed by atoms with Crippen LogP contribution in [-0.2, 0) is 14.4 Å². The molecule has 1 aromatic rings. The zero-order valence-corrected chi connectivity index (χ0v) is 23.9. The van der Waals surface area contributed by atoms with E-state index in [0.29, 0.717) is 12.1 Å². The molecule has 0 saturated heterocycles. The number of carboxylic acid groups (broad SMARTS) is 3. The molecule has 0 aliphatic carbocycles. The topological polar surface area (TPSA) is 161 Å². The third-order valence-electron chi connectivity index (χ3n) is 5.80. The zero-order chi connectivity index (χ0) is 29.7. The maximum Gasteiger partial charge on any atom is 0.335 e. The van der Waals surface area contributed by atoms with Crippen molar-refractivity contribution in [3.63, 3.8) is 0 Å². The maximum atomic E-state index is 11.3. The lowest BCUT2D eigenvalue weighted by Gasteiger charge is -2.05. The van der Waals surface area contributed by atoms with E-state index in [9.17, 15) is 19.2 Å². The molecule has 0 aliphatic heterocycles. The van der Waals surface area contributed by atoms with E-state index in [0.717, 1.165) is 12.8 Å². The van der Waals surface area contributed by atoms with Gasteiger partial charge in [-0.15, -0.1) is 0 Å². The SMILES string of the molecule is CC(O)C(=O)O.CCCCCCCCCCCCCCCCNC(=O)CCC(=O)O.O=C(O)c1ccccc1. The van der Waals surface area contributed by atoms with Gasteiger partial charge in [-0.1, -0.05) is 109 Å². The van der Waals surface area contributed by atoms with Crippen molar-refractivity contribution in [2.45, 2.75) is 123 Å². The molecule has 0 heterocycles. The largest absolute Gasteiger partial charge is 0.481 e. The van der Waals surface area contributed by atoms with E-state index in [1.54, 1.807) is 30.3 Å². The second-order valence-electron chi connectivity index (χ2n) is 9.53. The number of carbonyl (C=O) groups excluding carboxylic acids is 1. The van der Waals surface area contributed by atoms with Gasteiger partial charge in [0.2, 0.25) is 5.91 Å². The molecule has 0 fully saturated rings. The number of aromatic carboxylic acids is 1. The molecule has 9 nitrogen and oxygen atoms in total. The number of carbonyl (C=O) groups is 4. The van der Waals surface area contributed by atoms with E-state index in [1.165, 1.54) is 84.0 Å². The summed E-state index contributed by atoms with van der Waals surface area (Å²) in [6.45, 7) is 4.14. The summed E-state index contributed by atoms with van der Waals surface area (Å²) in [4.78, 5) is 41.3. The van der Waals surface area contributed by atoms with Crippen molar-refractivity contribution in [1.29, 1.82) is 0 Å². The van der Waals surface area contributed by atoms with Crippen LogP contribution in [0.3, 0.4) is 0 Å². The van der Waals surface area contributed by atoms with E-state index in [4.69, 9.17) is 20.4 Å². The highest BCUT2D eigenvalue weighted by Gasteiger charge is 2.04. The minimum absolute atomic E-state index is 0.0788. The highest BCUT2D eigenvalue weighted by atomic mass is 16.4. The summed E-state index contributed by atoms with van der Waals surface area (Å²) in [5, 5.41) is 35.4. The number of hydrogen-bond acceptors (Lipinski definition) is 5. The third-order valence-corrected chi connectivity index (χ3v) is 5.80. The molecule has 1 aromatic carbocycles. The number of aliphatic hydroxyl groups excluding tert-OH is 1. The summed E-state index contributed by atoms with van der Waals surface area (Å²) in [6.07, 6.45) is 17.3. The molecular weight excluding hydrogens is 502 g/mol. The quantitative estimate of drug-likeness (QED) is 0.118. The number of benzene rings is 1. The van der Waals surface area contributed by atoms with Crippen molar-refractivity contribution in [3.8, 4) is 0 Å². The number of carboxylic acids is 3. The Kier molecular flexibility index (Phi) is 27.5. The first-order valence-corrected chi connectivity index (χ1v) is 14.3. The van der Waals surface area contributed by atoms with Gasteiger partial charge in [0.05, 0.1) is 12.0 Å². The smallest absolute Gasteiger partial charge is 0.335 e. The summed E-state index contributed by atoms with van der Waals surface area (Å²) < 4.78 is 0. The average Bonchev–Trinajstić information content (AvgIpc) is 2.90. The van der Waals surface area contributed by atoms with Gasteiger partial charge in [-0.05, 0) is 25.5 Å². The van der Waals surface area contributed by atoms with E-state index in [-0.39, 0.29) is 18.7 Å². The molecule has 0 bridgehead atoms. The van der Waals surface area contributed by atoms with Gasteiger partial charge in [-0.25, -0.2) is 9.59 Å². The van der Waals surface area contributed by atoms with Crippen LogP contribution in [-0.4, -0.2) is 56.9 Å². The van der Waals surface area contributed by atoms with Crippen molar-refractivity contribution in [2.75, 3.05) is 6.54 Å². The first-order chi connectivity index (χ1) is 18.6. The molecule has 0 saturated carbocycles. The number of rotatable bonds is 20. The Morgan fingerprint density at radius 2 is 1.10 bits per heavy atom. The molecule has 1 amide bonds. The predicted molar refractivity (Wildman–Crippen MR) is 153 cm³/mol. The lowest BCUT2D eigenvalue weighted by atomic mass is 10.0. The Morgan fingerprint density at radius 1 is 0.692 bits per heavy atom. The van der Waals surface area contributed by atoms with Crippen LogP contribution in [0.2, 0.25) is 0 Å². The predicted octanol–water partition coefficient (Wildman–Crippen LogP) is 6.29. The zero-order valence-electron chi connectivity index (χ0n) is 23.9. The number of nitrogens with one attached hydrogen (secondary N) is 1. The Hall–Kier alpha value is -2.94. The van der Waals surface area contributed by atoms with Gasteiger partial charge in [0, 0.05) is 13.0 Å². The Bertz CT molecular complexity index is 753. The molecule has 1 unspecified atom stereocenters. The van der Waals surface area contributed by atoms with Crippen LogP contribution in [0.4, 0.5) is 0 Å². The number of unbranched alkanes of at least 4 members (excludes halogenated alkanes) is 13. The molecule has 0 radical (unpaired) electrons. The van der Waals surface area contributed by atoms with Crippen molar-refractivity contribution < 1.29 is 39.6 Å². The lowest BCUT2D eigenvalue weighted by Crippen LogP contribution is -2.24. The van der Waals surface area contributed by atoms with E-state index < -0.39 is 24.0 Å². The van der Waals surface area contributed by atoms with Crippen LogP contribution in [0.5, 0.6) is 0 Å². The van der Waals surface area contributed by atoms with Gasteiger partial charge in [0.15, 0.2) is 0 Å². The second-order valence-corrected chi connectivity index (χ2v) is 9.53. The average molecular weight is 554 g/mol. The summed E-state index contributed by atoms with van der Waals surface area (Å²) in [5.41, 5.74) is 0.331. The first kappa shape index (κ1) is 38.2. The highest BCUT2D eigenvalue weighted by molar-refractivity contribution is 5.87. The van der Waals surface area contributed by atoms with Gasteiger partial charge in [-0.3, -0.25) is 9.59 Å². The molecule has 0 spiro atoms. The Morgan fingerprint density at radius 3 is 1.44 bits per heavy atom. The number of amides is 1. The fraction of sp³-hybridized carbons (Fsp3) is 0.667. The highest BCUT2D eigenvalue weighted by Crippen LogP contribution is 2.12. The summed E-state index contributed by atoms with van der Waals surface area (Å²) in [7, 11) is 0. The minimum Gasteiger partial charge on any atom is -0.481 e. The molecule has 0 aromatic heterocycles. The van der Waals surface area contributed by atoms with Crippen LogP contribution >= 0.6 is 0 Å². The van der Waals surface area contributed by atoms with Gasteiger partial charge < -0.3 is 25.7 Å². The van der Waals surface area contributed by atoms with Crippen molar-refractivity contribution in [1.82, 2.24) is 5.32 Å². The standard InChI is InChI=1S/C20H39NO3.C7H6O2.C3H6O3/c1-2-3-4-5-6-7-8-9-10-11-12-13-14-15-18-21-19(22)16-17-20(23)24;8-7(9)6-4-2-1-3-5-6;1-2(4)3(5)6/h2-18H2,1H3,(H,21,22)(H,23,24);1-5H,(H,8,9);2,4H,1H3,(H,5,6). The molecule has 1 rings (SSSR count). The molecular formula is C30H51NO8. The minimum atomic E-state index is -1.23. The van der Waals surface area contributed by atoms with Gasteiger partial charge in [0.1, 0.15) is 6.10 Å². The fourth-order valence-electron chi connectivity index (χ4n) is 3.44. The van der Waals surface area contributed by atoms with Crippen LogP contribution in [0, 0.1) is 0 Å². The van der Waals surface area contributed by atoms with Crippen molar-refractivity contribution in [2.24, 2.45) is 0 Å². The number of aliphatic carboxylic acids is 2. The first-order valence-electron chi connectivity index (χ1n) is 14.3. The number of hydrogen-bond donors (Lipinski definition) is 5. The molecule has 224 valence electrons. The van der Waals surface area contributed by atoms with Crippen LogP contribution < -0.4 is 5.32 Å². The molecule has 39 heavy (non-hydrogen) atoms. The van der Waals surface area contributed by atoms with Crippen LogP contribution in [0.25, 0.3) is 0 Å². The monoisotopic (exact) mass is 553 g/mol. The van der Waals surface area contributed by atoms with E-state index in [1.807, 2.05) is 0 Å². The second kappa shape index (κ2) is 28.1.